The zero-order valence-corrected chi connectivity index (χ0v) is 8.84. The molecule has 0 saturated carbocycles. The number of aromatic nitrogens is 1. The van der Waals surface area contributed by atoms with Crippen molar-refractivity contribution in [2.75, 3.05) is 5.32 Å². The molecule has 1 unspecified atom stereocenters. The van der Waals surface area contributed by atoms with Crippen LogP contribution < -0.4 is 5.32 Å². The van der Waals surface area contributed by atoms with Crippen LogP contribution in [0.1, 0.15) is 24.3 Å². The topological polar surface area (TPSA) is 61.9 Å². The molecule has 0 aliphatic carbocycles. The minimum Gasteiger partial charge on any atom is -0.467 e. The van der Waals surface area contributed by atoms with Gasteiger partial charge in [0.2, 0.25) is 0 Å². The van der Waals surface area contributed by atoms with Crippen molar-refractivity contribution in [1.29, 1.82) is 5.26 Å². The van der Waals surface area contributed by atoms with Crippen LogP contribution in [0.15, 0.2) is 41.3 Å². The second-order valence-corrected chi connectivity index (χ2v) is 3.41. The Hall–Kier alpha value is -2.28. The van der Waals surface area contributed by atoms with Crippen LogP contribution in [0.2, 0.25) is 0 Å². The standard InChI is InChI=1S/C12H11N3O/c1-9(12-3-2-6-16-12)15-11-8-14-5-4-10(11)7-13/h2-6,8-9,15H,1H3. The molecule has 0 bridgehead atoms. The first-order valence-electron chi connectivity index (χ1n) is 4.95. The highest BCUT2D eigenvalue weighted by Gasteiger charge is 2.10. The molecule has 0 aromatic carbocycles. The van der Waals surface area contributed by atoms with Crippen LogP contribution in [0.25, 0.3) is 0 Å². The Morgan fingerprint density at radius 3 is 3.06 bits per heavy atom. The van der Waals surface area contributed by atoms with Gasteiger partial charge in [-0.25, -0.2) is 0 Å². The Morgan fingerprint density at radius 2 is 2.38 bits per heavy atom. The fourth-order valence-electron chi connectivity index (χ4n) is 1.45. The molecule has 0 aliphatic rings. The Labute approximate surface area is 93.5 Å². The Bertz CT molecular complexity index is 499. The molecule has 2 aromatic heterocycles. The lowest BCUT2D eigenvalue weighted by atomic mass is 10.2. The van der Waals surface area contributed by atoms with Crippen molar-refractivity contribution in [1.82, 2.24) is 4.98 Å². The molecule has 0 amide bonds. The number of hydrogen-bond acceptors (Lipinski definition) is 4. The second kappa shape index (κ2) is 4.49. The van der Waals surface area contributed by atoms with E-state index in [-0.39, 0.29) is 6.04 Å². The van der Waals surface area contributed by atoms with E-state index in [1.807, 2.05) is 19.1 Å². The predicted molar refractivity (Wildman–Crippen MR) is 59.7 cm³/mol. The van der Waals surface area contributed by atoms with Gasteiger partial charge in [-0.3, -0.25) is 4.98 Å². The molecule has 0 saturated heterocycles. The first-order valence-corrected chi connectivity index (χ1v) is 4.95. The molecule has 2 aromatic rings. The van der Waals surface area contributed by atoms with Crippen LogP contribution in [0.4, 0.5) is 5.69 Å². The van der Waals surface area contributed by atoms with Crippen LogP contribution >= 0.6 is 0 Å². The molecule has 4 nitrogen and oxygen atoms in total. The van der Waals surface area contributed by atoms with Gasteiger partial charge in [-0.15, -0.1) is 0 Å². The zero-order valence-electron chi connectivity index (χ0n) is 8.84. The number of nitriles is 1. The third kappa shape index (κ3) is 2.04. The highest BCUT2D eigenvalue weighted by molar-refractivity contribution is 5.56. The Balaban J connectivity index is 2.19. The maximum Gasteiger partial charge on any atom is 0.125 e. The molecule has 0 spiro atoms. The summed E-state index contributed by atoms with van der Waals surface area (Å²) in [7, 11) is 0. The second-order valence-electron chi connectivity index (χ2n) is 3.41. The lowest BCUT2D eigenvalue weighted by Gasteiger charge is -2.13. The van der Waals surface area contributed by atoms with Gasteiger partial charge in [-0.2, -0.15) is 5.26 Å². The molecular weight excluding hydrogens is 202 g/mol. The van der Waals surface area contributed by atoms with Gasteiger partial charge in [0.25, 0.3) is 0 Å². The summed E-state index contributed by atoms with van der Waals surface area (Å²) in [5.41, 5.74) is 1.29. The lowest BCUT2D eigenvalue weighted by Crippen LogP contribution is -2.07. The van der Waals surface area contributed by atoms with E-state index in [1.54, 1.807) is 24.7 Å². The third-order valence-corrected chi connectivity index (χ3v) is 2.28. The number of furan rings is 1. The zero-order chi connectivity index (χ0) is 11.4. The first-order chi connectivity index (χ1) is 7.81. The maximum absolute atomic E-state index is 8.92. The summed E-state index contributed by atoms with van der Waals surface area (Å²) in [6.07, 6.45) is 4.86. The minimum absolute atomic E-state index is 0.00583. The summed E-state index contributed by atoms with van der Waals surface area (Å²) in [6, 6.07) is 7.52. The summed E-state index contributed by atoms with van der Waals surface area (Å²) >= 11 is 0. The number of nitrogens with zero attached hydrogens (tertiary/aromatic N) is 2. The quantitative estimate of drug-likeness (QED) is 0.851. The molecule has 0 aliphatic heterocycles. The number of nitrogens with one attached hydrogen (secondary N) is 1. The minimum atomic E-state index is 0.00583. The third-order valence-electron chi connectivity index (χ3n) is 2.28. The summed E-state index contributed by atoms with van der Waals surface area (Å²) in [5.74, 6) is 0.827. The molecule has 0 radical (unpaired) electrons. The molecular formula is C12H11N3O. The number of anilines is 1. The summed E-state index contributed by atoms with van der Waals surface area (Å²) < 4.78 is 5.28. The summed E-state index contributed by atoms with van der Waals surface area (Å²) in [5, 5.41) is 12.1. The van der Waals surface area contributed by atoms with Crippen molar-refractivity contribution in [3.05, 3.63) is 48.2 Å². The van der Waals surface area contributed by atoms with Crippen molar-refractivity contribution in [3.63, 3.8) is 0 Å². The fraction of sp³-hybridized carbons (Fsp3) is 0.167. The van der Waals surface area contributed by atoms with Crippen molar-refractivity contribution >= 4 is 5.69 Å². The molecule has 1 atom stereocenters. The van der Waals surface area contributed by atoms with Gasteiger partial charge in [0.05, 0.1) is 29.8 Å². The van der Waals surface area contributed by atoms with Gasteiger partial charge in [0.15, 0.2) is 0 Å². The maximum atomic E-state index is 8.92. The fourth-order valence-corrected chi connectivity index (χ4v) is 1.45. The van der Waals surface area contributed by atoms with Gasteiger partial charge >= 0.3 is 0 Å². The average Bonchev–Trinajstić information content (AvgIpc) is 2.83. The Kier molecular flexibility index (Phi) is 2.88. The first kappa shape index (κ1) is 10.2. The van der Waals surface area contributed by atoms with Gasteiger partial charge in [-0.1, -0.05) is 0 Å². The van der Waals surface area contributed by atoms with Crippen LogP contribution in [0.5, 0.6) is 0 Å². The van der Waals surface area contributed by atoms with Gasteiger partial charge in [-0.05, 0) is 25.1 Å². The van der Waals surface area contributed by atoms with E-state index in [1.165, 1.54) is 0 Å². The average molecular weight is 213 g/mol. The molecule has 2 heterocycles. The molecule has 1 N–H and O–H groups in total. The lowest BCUT2D eigenvalue weighted by molar-refractivity contribution is 0.490. The molecule has 2 rings (SSSR count). The van der Waals surface area contributed by atoms with Crippen LogP contribution in [-0.4, -0.2) is 4.98 Å². The van der Waals surface area contributed by atoms with Crippen molar-refractivity contribution in [2.45, 2.75) is 13.0 Å². The van der Waals surface area contributed by atoms with Crippen molar-refractivity contribution in [2.24, 2.45) is 0 Å². The Morgan fingerprint density at radius 1 is 1.50 bits per heavy atom. The van der Waals surface area contributed by atoms with Crippen molar-refractivity contribution in [3.8, 4) is 6.07 Å². The highest BCUT2D eigenvalue weighted by atomic mass is 16.3. The van der Waals surface area contributed by atoms with E-state index in [0.29, 0.717) is 11.3 Å². The van der Waals surface area contributed by atoms with Gasteiger partial charge < -0.3 is 9.73 Å². The van der Waals surface area contributed by atoms with E-state index < -0.39 is 0 Å². The predicted octanol–water partition coefficient (Wildman–Crippen LogP) is 2.72. The van der Waals surface area contributed by atoms with Crippen LogP contribution in [-0.2, 0) is 0 Å². The highest BCUT2D eigenvalue weighted by Crippen LogP contribution is 2.21. The van der Waals surface area contributed by atoms with E-state index in [4.69, 9.17) is 9.68 Å². The van der Waals surface area contributed by atoms with Crippen molar-refractivity contribution < 1.29 is 4.42 Å². The van der Waals surface area contributed by atoms with E-state index in [9.17, 15) is 0 Å². The normalized spacial score (nSPS) is 11.8. The van der Waals surface area contributed by atoms with Crippen LogP contribution in [0.3, 0.4) is 0 Å². The largest absolute Gasteiger partial charge is 0.467 e. The SMILES string of the molecule is CC(Nc1cnccc1C#N)c1ccco1. The monoisotopic (exact) mass is 213 g/mol. The summed E-state index contributed by atoms with van der Waals surface area (Å²) in [4.78, 5) is 3.98. The van der Waals surface area contributed by atoms with Gasteiger partial charge in [0.1, 0.15) is 11.8 Å². The van der Waals surface area contributed by atoms with Crippen LogP contribution in [0, 0.1) is 11.3 Å². The number of pyridine rings is 1. The summed E-state index contributed by atoms with van der Waals surface area (Å²) in [6.45, 7) is 1.97. The smallest absolute Gasteiger partial charge is 0.125 e. The van der Waals surface area contributed by atoms with E-state index in [0.717, 1.165) is 5.76 Å². The number of rotatable bonds is 3. The van der Waals surface area contributed by atoms with E-state index in [2.05, 4.69) is 16.4 Å². The van der Waals surface area contributed by atoms with Gasteiger partial charge in [0, 0.05) is 6.20 Å². The molecule has 0 fully saturated rings. The molecule has 16 heavy (non-hydrogen) atoms. The molecule has 80 valence electrons. The molecule has 4 heteroatoms. The van der Waals surface area contributed by atoms with E-state index >= 15 is 0 Å². The number of hydrogen-bond donors (Lipinski definition) is 1.